The minimum atomic E-state index is -0.358. The number of fused-ring (bicyclic) bond motifs is 1. The average Bonchev–Trinajstić information content (AvgIpc) is 3.06. The lowest BCUT2D eigenvalue weighted by Gasteiger charge is -2.28. The molecular formula is C19H22BrN5O2. The number of benzene rings is 1. The van der Waals surface area contributed by atoms with Crippen LogP contribution in [0.2, 0.25) is 0 Å². The van der Waals surface area contributed by atoms with Crippen LogP contribution in [-0.4, -0.2) is 31.8 Å². The molecule has 0 N–H and O–H groups in total. The van der Waals surface area contributed by atoms with Crippen LogP contribution in [0.4, 0.5) is 5.95 Å². The number of hydrogen-bond donors (Lipinski definition) is 0. The van der Waals surface area contributed by atoms with E-state index >= 15 is 0 Å². The number of imidazole rings is 1. The summed E-state index contributed by atoms with van der Waals surface area (Å²) in [6.07, 6.45) is 3.42. The molecule has 0 amide bonds. The van der Waals surface area contributed by atoms with Gasteiger partial charge in [0.15, 0.2) is 11.2 Å². The van der Waals surface area contributed by atoms with Crippen LogP contribution in [0.25, 0.3) is 11.2 Å². The molecular weight excluding hydrogens is 410 g/mol. The first kappa shape index (κ1) is 18.0. The van der Waals surface area contributed by atoms with E-state index in [4.69, 9.17) is 4.98 Å². The van der Waals surface area contributed by atoms with E-state index in [-0.39, 0.29) is 11.2 Å². The van der Waals surface area contributed by atoms with Crippen molar-refractivity contribution in [3.63, 3.8) is 0 Å². The molecule has 2 aromatic heterocycles. The molecule has 0 radical (unpaired) electrons. The first-order valence-electron chi connectivity index (χ1n) is 9.13. The van der Waals surface area contributed by atoms with Crippen LogP contribution in [0, 0.1) is 0 Å². The summed E-state index contributed by atoms with van der Waals surface area (Å²) in [6, 6.07) is 7.97. The molecule has 1 fully saturated rings. The van der Waals surface area contributed by atoms with Gasteiger partial charge in [-0.2, -0.15) is 4.98 Å². The molecule has 1 aromatic carbocycles. The lowest BCUT2D eigenvalue weighted by atomic mass is 10.1. The standard InChI is InChI=1S/C19H22BrN5O2/c1-22-16-15(17(26)23(2)19(22)27)25(12-13-8-4-5-9-14(13)20)18(21-16)24-10-6-3-7-11-24/h4-5,8-9H,3,6-7,10-12H2,1-2H3. The zero-order valence-electron chi connectivity index (χ0n) is 15.5. The molecule has 8 heteroatoms. The van der Waals surface area contributed by atoms with Crippen molar-refractivity contribution in [1.29, 1.82) is 0 Å². The zero-order valence-corrected chi connectivity index (χ0v) is 17.1. The van der Waals surface area contributed by atoms with Gasteiger partial charge in [0.2, 0.25) is 5.95 Å². The molecule has 0 spiro atoms. The molecule has 0 atom stereocenters. The normalized spacial score (nSPS) is 14.9. The Morgan fingerprint density at radius 1 is 1.04 bits per heavy atom. The highest BCUT2D eigenvalue weighted by Crippen LogP contribution is 2.26. The Morgan fingerprint density at radius 2 is 1.74 bits per heavy atom. The van der Waals surface area contributed by atoms with Gasteiger partial charge in [0.1, 0.15) is 0 Å². The lowest BCUT2D eigenvalue weighted by Crippen LogP contribution is -2.37. The Kier molecular flexibility index (Phi) is 4.67. The zero-order chi connectivity index (χ0) is 19.1. The first-order valence-corrected chi connectivity index (χ1v) is 9.93. The van der Waals surface area contributed by atoms with E-state index in [1.807, 2.05) is 28.8 Å². The van der Waals surface area contributed by atoms with E-state index in [0.29, 0.717) is 17.7 Å². The van der Waals surface area contributed by atoms with Gasteiger partial charge in [-0.25, -0.2) is 4.79 Å². The average molecular weight is 432 g/mol. The monoisotopic (exact) mass is 431 g/mol. The first-order chi connectivity index (χ1) is 13.0. The number of piperidine rings is 1. The summed E-state index contributed by atoms with van der Waals surface area (Å²) in [7, 11) is 3.18. The summed E-state index contributed by atoms with van der Waals surface area (Å²) < 4.78 is 5.56. The van der Waals surface area contributed by atoms with Crippen molar-refractivity contribution in [3.05, 3.63) is 55.1 Å². The van der Waals surface area contributed by atoms with E-state index in [0.717, 1.165) is 46.5 Å². The van der Waals surface area contributed by atoms with Crippen LogP contribution in [0.1, 0.15) is 24.8 Å². The third kappa shape index (κ3) is 3.01. The third-order valence-corrected chi connectivity index (χ3v) is 6.03. The summed E-state index contributed by atoms with van der Waals surface area (Å²) in [5.41, 5.74) is 1.30. The van der Waals surface area contributed by atoms with Crippen LogP contribution in [0.3, 0.4) is 0 Å². The Bertz CT molecular complexity index is 1120. The fraction of sp³-hybridized carbons (Fsp3) is 0.421. The minimum Gasteiger partial charge on any atom is -0.342 e. The van der Waals surface area contributed by atoms with E-state index in [9.17, 15) is 9.59 Å². The maximum atomic E-state index is 13.0. The number of aromatic nitrogens is 4. The summed E-state index contributed by atoms with van der Waals surface area (Å²) in [6.45, 7) is 2.33. The van der Waals surface area contributed by atoms with Gasteiger partial charge in [-0.3, -0.25) is 18.5 Å². The number of aryl methyl sites for hydroxylation is 1. The maximum absolute atomic E-state index is 13.0. The fourth-order valence-corrected chi connectivity index (χ4v) is 4.13. The molecule has 7 nitrogen and oxygen atoms in total. The molecule has 4 rings (SSSR count). The summed E-state index contributed by atoms with van der Waals surface area (Å²) in [5.74, 6) is 0.763. The van der Waals surface area contributed by atoms with Gasteiger partial charge in [-0.05, 0) is 30.9 Å². The number of nitrogens with zero attached hydrogens (tertiary/aromatic N) is 5. The summed E-state index contributed by atoms with van der Waals surface area (Å²) in [4.78, 5) is 32.3. The van der Waals surface area contributed by atoms with Crippen molar-refractivity contribution in [3.8, 4) is 0 Å². The number of halogens is 1. The van der Waals surface area contributed by atoms with Crippen LogP contribution in [0.15, 0.2) is 38.3 Å². The van der Waals surface area contributed by atoms with Gasteiger partial charge >= 0.3 is 5.69 Å². The highest BCUT2D eigenvalue weighted by molar-refractivity contribution is 9.10. The van der Waals surface area contributed by atoms with Gasteiger partial charge in [0, 0.05) is 31.7 Å². The smallest absolute Gasteiger partial charge is 0.332 e. The Morgan fingerprint density at radius 3 is 2.44 bits per heavy atom. The molecule has 27 heavy (non-hydrogen) atoms. The number of anilines is 1. The largest absolute Gasteiger partial charge is 0.342 e. The Balaban J connectivity index is 1.99. The molecule has 1 saturated heterocycles. The Labute approximate surface area is 165 Å². The molecule has 0 saturated carbocycles. The number of hydrogen-bond acceptors (Lipinski definition) is 4. The van der Waals surface area contributed by atoms with Crippen molar-refractivity contribution in [2.45, 2.75) is 25.8 Å². The second kappa shape index (κ2) is 6.99. The summed E-state index contributed by atoms with van der Waals surface area (Å²) in [5, 5.41) is 0. The predicted octanol–water partition coefficient (Wildman–Crippen LogP) is 2.23. The number of rotatable bonds is 3. The second-order valence-corrected chi connectivity index (χ2v) is 7.87. The molecule has 0 aliphatic carbocycles. The topological polar surface area (TPSA) is 65.1 Å². The van der Waals surface area contributed by atoms with Crippen LogP contribution < -0.4 is 16.1 Å². The van der Waals surface area contributed by atoms with Gasteiger partial charge in [0.05, 0.1) is 6.54 Å². The molecule has 3 aromatic rings. The van der Waals surface area contributed by atoms with Gasteiger partial charge < -0.3 is 4.90 Å². The molecule has 0 unspecified atom stereocenters. The van der Waals surface area contributed by atoms with E-state index in [1.54, 1.807) is 7.05 Å². The van der Waals surface area contributed by atoms with Crippen molar-refractivity contribution >= 4 is 33.0 Å². The van der Waals surface area contributed by atoms with Gasteiger partial charge in [-0.1, -0.05) is 34.1 Å². The van der Waals surface area contributed by atoms with Gasteiger partial charge in [0.25, 0.3) is 5.56 Å². The third-order valence-electron chi connectivity index (χ3n) is 5.25. The van der Waals surface area contributed by atoms with Gasteiger partial charge in [-0.15, -0.1) is 0 Å². The van der Waals surface area contributed by atoms with Crippen LogP contribution in [-0.2, 0) is 20.6 Å². The molecule has 1 aliphatic heterocycles. The SMILES string of the molecule is Cn1c(=O)c2c(nc(N3CCCCC3)n2Cc2ccccc2Br)n(C)c1=O. The minimum absolute atomic E-state index is 0.309. The molecule has 0 bridgehead atoms. The van der Waals surface area contributed by atoms with Crippen molar-refractivity contribution < 1.29 is 0 Å². The van der Waals surface area contributed by atoms with Crippen molar-refractivity contribution in [2.24, 2.45) is 14.1 Å². The highest BCUT2D eigenvalue weighted by atomic mass is 79.9. The quantitative estimate of drug-likeness (QED) is 0.637. The summed E-state index contributed by atoms with van der Waals surface area (Å²) >= 11 is 3.60. The molecule has 142 valence electrons. The second-order valence-electron chi connectivity index (χ2n) is 7.02. The predicted molar refractivity (Wildman–Crippen MR) is 110 cm³/mol. The van der Waals surface area contributed by atoms with Crippen molar-refractivity contribution in [1.82, 2.24) is 18.7 Å². The lowest BCUT2D eigenvalue weighted by molar-refractivity contribution is 0.560. The maximum Gasteiger partial charge on any atom is 0.332 e. The molecule has 3 heterocycles. The fourth-order valence-electron chi connectivity index (χ4n) is 3.72. The van der Waals surface area contributed by atoms with E-state index in [2.05, 4.69) is 20.8 Å². The van der Waals surface area contributed by atoms with Crippen LogP contribution in [0.5, 0.6) is 0 Å². The van der Waals surface area contributed by atoms with Crippen LogP contribution >= 0.6 is 15.9 Å². The highest BCUT2D eigenvalue weighted by Gasteiger charge is 2.24. The van der Waals surface area contributed by atoms with Crippen molar-refractivity contribution in [2.75, 3.05) is 18.0 Å². The van der Waals surface area contributed by atoms with E-state index < -0.39 is 0 Å². The van der Waals surface area contributed by atoms with E-state index in [1.165, 1.54) is 18.0 Å². The molecule has 1 aliphatic rings. The Hall–Kier alpha value is -2.35.